The second-order valence-corrected chi connectivity index (χ2v) is 6.27. The first kappa shape index (κ1) is 16.1. The number of rotatable bonds is 7. The second kappa shape index (κ2) is 7.00. The van der Waals surface area contributed by atoms with Crippen LogP contribution in [0.4, 0.5) is 0 Å². The van der Waals surface area contributed by atoms with Gasteiger partial charge < -0.3 is 10.1 Å². The van der Waals surface area contributed by atoms with Crippen molar-refractivity contribution in [1.82, 2.24) is 5.32 Å². The third-order valence-electron chi connectivity index (χ3n) is 2.69. The minimum Gasteiger partial charge on any atom is -0.377 e. The van der Waals surface area contributed by atoms with Gasteiger partial charge in [-0.3, -0.25) is 0 Å². The highest BCUT2D eigenvalue weighted by Crippen LogP contribution is 2.16. The summed E-state index contributed by atoms with van der Waals surface area (Å²) in [5, 5.41) is 8.38. The zero-order valence-electron chi connectivity index (χ0n) is 11.6. The van der Waals surface area contributed by atoms with E-state index in [1.54, 1.807) is 12.1 Å². The van der Waals surface area contributed by atoms with E-state index in [4.69, 9.17) is 9.88 Å². The van der Waals surface area contributed by atoms with Crippen molar-refractivity contribution >= 4 is 10.0 Å². The maximum atomic E-state index is 11.3. The zero-order valence-corrected chi connectivity index (χ0v) is 12.4. The maximum Gasteiger partial charge on any atom is 0.238 e. The lowest BCUT2D eigenvalue weighted by atomic mass is 10.1. The van der Waals surface area contributed by atoms with Gasteiger partial charge in [0.25, 0.3) is 0 Å². The Hall–Kier alpha value is -0.950. The fraction of sp³-hybridized carbons (Fsp3) is 0.538. The molecule has 0 radical (unpaired) electrons. The maximum absolute atomic E-state index is 11.3. The van der Waals surface area contributed by atoms with E-state index in [1.165, 1.54) is 6.07 Å². The van der Waals surface area contributed by atoms with Crippen LogP contribution in [0.25, 0.3) is 0 Å². The first-order valence-electron chi connectivity index (χ1n) is 6.28. The quantitative estimate of drug-likeness (QED) is 0.743. The van der Waals surface area contributed by atoms with E-state index in [1.807, 2.05) is 26.8 Å². The van der Waals surface area contributed by atoms with Crippen LogP contribution in [0.5, 0.6) is 0 Å². The molecule has 0 amide bonds. The van der Waals surface area contributed by atoms with Crippen LogP contribution >= 0.6 is 0 Å². The molecule has 1 unspecified atom stereocenters. The molecule has 5 nitrogen and oxygen atoms in total. The third kappa shape index (κ3) is 5.69. The molecular formula is C13H22N2O3S. The molecule has 0 aliphatic heterocycles. The summed E-state index contributed by atoms with van der Waals surface area (Å²) in [5.74, 6) is 0. The molecule has 0 spiro atoms. The molecule has 0 aromatic heterocycles. The summed E-state index contributed by atoms with van der Waals surface area (Å²) in [4.78, 5) is 0.136. The standard InChI is InChI=1S/C13H22N2O3S/c1-10(2)18-8-7-15-11(3)12-5-4-6-13(9-12)19(14,16)17/h4-6,9-11,15H,7-8H2,1-3H3,(H2,14,16,17). The molecule has 1 atom stereocenters. The number of sulfonamides is 1. The van der Waals surface area contributed by atoms with Gasteiger partial charge in [0.05, 0.1) is 17.6 Å². The summed E-state index contributed by atoms with van der Waals surface area (Å²) >= 11 is 0. The monoisotopic (exact) mass is 286 g/mol. The number of nitrogens with one attached hydrogen (secondary N) is 1. The molecule has 0 aliphatic carbocycles. The number of hydrogen-bond acceptors (Lipinski definition) is 4. The Labute approximate surface area is 115 Å². The van der Waals surface area contributed by atoms with Crippen molar-refractivity contribution < 1.29 is 13.2 Å². The van der Waals surface area contributed by atoms with Gasteiger partial charge in [-0.15, -0.1) is 0 Å². The first-order valence-corrected chi connectivity index (χ1v) is 7.83. The van der Waals surface area contributed by atoms with Gasteiger partial charge in [0, 0.05) is 12.6 Å². The molecule has 108 valence electrons. The predicted octanol–water partition coefficient (Wildman–Crippen LogP) is 1.41. The van der Waals surface area contributed by atoms with E-state index in [-0.39, 0.29) is 17.0 Å². The Balaban J connectivity index is 2.60. The van der Waals surface area contributed by atoms with E-state index in [2.05, 4.69) is 5.32 Å². The second-order valence-electron chi connectivity index (χ2n) is 4.71. The van der Waals surface area contributed by atoms with Gasteiger partial charge in [0.15, 0.2) is 0 Å². The van der Waals surface area contributed by atoms with Gasteiger partial charge in [0.1, 0.15) is 0 Å². The summed E-state index contributed by atoms with van der Waals surface area (Å²) in [6.45, 7) is 7.27. The van der Waals surface area contributed by atoms with Gasteiger partial charge >= 0.3 is 0 Å². The zero-order chi connectivity index (χ0) is 14.5. The highest BCUT2D eigenvalue weighted by Gasteiger charge is 2.11. The van der Waals surface area contributed by atoms with Crippen LogP contribution in [0.15, 0.2) is 29.2 Å². The summed E-state index contributed by atoms with van der Waals surface area (Å²) < 4.78 is 28.0. The van der Waals surface area contributed by atoms with Crippen molar-refractivity contribution in [2.45, 2.75) is 37.8 Å². The molecule has 19 heavy (non-hydrogen) atoms. The fourth-order valence-electron chi connectivity index (χ4n) is 1.65. The van der Waals surface area contributed by atoms with Crippen molar-refractivity contribution in [3.05, 3.63) is 29.8 Å². The molecule has 1 aromatic rings. The molecule has 3 N–H and O–H groups in total. The minimum atomic E-state index is -3.65. The highest BCUT2D eigenvalue weighted by molar-refractivity contribution is 7.89. The minimum absolute atomic E-state index is 0.0393. The number of nitrogens with two attached hydrogens (primary N) is 1. The molecule has 0 aliphatic rings. The van der Waals surface area contributed by atoms with Gasteiger partial charge in [-0.1, -0.05) is 12.1 Å². The summed E-state index contributed by atoms with van der Waals surface area (Å²) in [5.41, 5.74) is 0.885. The topological polar surface area (TPSA) is 81.4 Å². The molecule has 6 heteroatoms. The smallest absolute Gasteiger partial charge is 0.238 e. The van der Waals surface area contributed by atoms with Crippen molar-refractivity contribution in [2.75, 3.05) is 13.2 Å². The Kier molecular flexibility index (Phi) is 5.93. The van der Waals surface area contributed by atoms with Crippen LogP contribution in [0.1, 0.15) is 32.4 Å². The van der Waals surface area contributed by atoms with E-state index < -0.39 is 10.0 Å². The van der Waals surface area contributed by atoms with Crippen LogP contribution < -0.4 is 10.5 Å². The van der Waals surface area contributed by atoms with Gasteiger partial charge in [-0.05, 0) is 38.5 Å². The SMILES string of the molecule is CC(C)OCCNC(C)c1cccc(S(N)(=O)=O)c1. The van der Waals surface area contributed by atoms with E-state index in [0.29, 0.717) is 13.2 Å². The average Bonchev–Trinajstić information content (AvgIpc) is 2.33. The molecule has 0 saturated carbocycles. The summed E-state index contributed by atoms with van der Waals surface area (Å²) in [6, 6.07) is 6.69. The van der Waals surface area contributed by atoms with Gasteiger partial charge in [-0.25, -0.2) is 13.6 Å². The van der Waals surface area contributed by atoms with Crippen molar-refractivity contribution in [2.24, 2.45) is 5.14 Å². The van der Waals surface area contributed by atoms with Crippen LogP contribution in [0.3, 0.4) is 0 Å². The predicted molar refractivity (Wildman–Crippen MR) is 75.3 cm³/mol. The lowest BCUT2D eigenvalue weighted by Crippen LogP contribution is -2.24. The summed E-state index contributed by atoms with van der Waals surface area (Å²) in [7, 11) is -3.65. The normalized spacial score (nSPS) is 13.7. The van der Waals surface area contributed by atoms with Crippen molar-refractivity contribution in [1.29, 1.82) is 0 Å². The molecular weight excluding hydrogens is 264 g/mol. The number of benzene rings is 1. The molecule has 0 fully saturated rings. The van der Waals surface area contributed by atoms with Gasteiger partial charge in [-0.2, -0.15) is 0 Å². The molecule has 1 aromatic carbocycles. The average molecular weight is 286 g/mol. The third-order valence-corrected chi connectivity index (χ3v) is 3.60. The molecule has 0 heterocycles. The van der Waals surface area contributed by atoms with E-state index >= 15 is 0 Å². The van der Waals surface area contributed by atoms with Gasteiger partial charge in [0.2, 0.25) is 10.0 Å². The Morgan fingerprint density at radius 3 is 2.58 bits per heavy atom. The fourth-order valence-corrected chi connectivity index (χ4v) is 2.22. The summed E-state index contributed by atoms with van der Waals surface area (Å²) in [6.07, 6.45) is 0.211. The Morgan fingerprint density at radius 2 is 2.00 bits per heavy atom. The number of ether oxygens (including phenoxy) is 1. The van der Waals surface area contributed by atoms with Crippen LogP contribution in [-0.2, 0) is 14.8 Å². The van der Waals surface area contributed by atoms with Crippen LogP contribution in [-0.4, -0.2) is 27.7 Å². The molecule has 0 bridgehead atoms. The highest BCUT2D eigenvalue weighted by atomic mass is 32.2. The van der Waals surface area contributed by atoms with Crippen molar-refractivity contribution in [3.8, 4) is 0 Å². The number of primary sulfonamides is 1. The van der Waals surface area contributed by atoms with Crippen LogP contribution in [0, 0.1) is 0 Å². The number of hydrogen-bond donors (Lipinski definition) is 2. The lowest BCUT2D eigenvalue weighted by Gasteiger charge is -2.15. The lowest BCUT2D eigenvalue weighted by molar-refractivity contribution is 0.0796. The van der Waals surface area contributed by atoms with E-state index in [9.17, 15) is 8.42 Å². The Morgan fingerprint density at radius 1 is 1.32 bits per heavy atom. The van der Waals surface area contributed by atoms with E-state index in [0.717, 1.165) is 5.56 Å². The largest absolute Gasteiger partial charge is 0.377 e. The Bertz CT molecular complexity index is 500. The molecule has 1 rings (SSSR count). The van der Waals surface area contributed by atoms with Crippen molar-refractivity contribution in [3.63, 3.8) is 0 Å². The van der Waals surface area contributed by atoms with Crippen LogP contribution in [0.2, 0.25) is 0 Å². The molecule has 0 saturated heterocycles. The first-order chi connectivity index (χ1) is 8.80.